The molecule has 0 heterocycles. The molecule has 0 aromatic rings. The molecular weight excluding hydrogens is 218 g/mol. The van der Waals surface area contributed by atoms with Crippen molar-refractivity contribution in [2.24, 2.45) is 11.7 Å². The molecular formula is C12H25N3O2. The summed E-state index contributed by atoms with van der Waals surface area (Å²) in [6.07, 6.45) is 1.30. The first-order chi connectivity index (χ1) is 7.90. The molecule has 0 rings (SSSR count). The first-order valence-corrected chi connectivity index (χ1v) is 6.14. The first kappa shape index (κ1) is 15.9. The van der Waals surface area contributed by atoms with Crippen LogP contribution in [0.2, 0.25) is 0 Å². The Balaban J connectivity index is 4.09. The number of rotatable bonds is 7. The molecule has 0 spiro atoms. The molecule has 0 aliphatic heterocycles. The van der Waals surface area contributed by atoms with E-state index in [-0.39, 0.29) is 30.3 Å². The fourth-order valence-electron chi connectivity index (χ4n) is 1.47. The van der Waals surface area contributed by atoms with Crippen molar-refractivity contribution < 1.29 is 9.59 Å². The van der Waals surface area contributed by atoms with Crippen molar-refractivity contribution >= 4 is 11.8 Å². The topological polar surface area (TPSA) is 75.4 Å². The molecule has 1 unspecified atom stereocenters. The third-order valence-corrected chi connectivity index (χ3v) is 2.63. The van der Waals surface area contributed by atoms with E-state index in [9.17, 15) is 9.59 Å². The van der Waals surface area contributed by atoms with Crippen LogP contribution in [0.1, 0.15) is 33.6 Å². The highest BCUT2D eigenvalue weighted by atomic mass is 16.2. The van der Waals surface area contributed by atoms with E-state index in [1.54, 1.807) is 7.05 Å². The summed E-state index contributed by atoms with van der Waals surface area (Å²) in [5.41, 5.74) is 5.55. The number of nitrogens with zero attached hydrogens (tertiary/aromatic N) is 1. The van der Waals surface area contributed by atoms with Crippen LogP contribution in [0.15, 0.2) is 0 Å². The average molecular weight is 243 g/mol. The van der Waals surface area contributed by atoms with E-state index >= 15 is 0 Å². The van der Waals surface area contributed by atoms with Gasteiger partial charge in [0.05, 0.1) is 6.54 Å². The predicted octanol–water partition coefficient (Wildman–Crippen LogP) is 0.344. The number of carbonyl (C=O) groups is 2. The summed E-state index contributed by atoms with van der Waals surface area (Å²) < 4.78 is 0. The van der Waals surface area contributed by atoms with E-state index in [0.717, 1.165) is 6.42 Å². The van der Waals surface area contributed by atoms with E-state index in [0.29, 0.717) is 13.0 Å². The molecule has 0 saturated carbocycles. The van der Waals surface area contributed by atoms with Gasteiger partial charge in [0.2, 0.25) is 11.8 Å². The third-order valence-electron chi connectivity index (χ3n) is 2.63. The summed E-state index contributed by atoms with van der Waals surface area (Å²) >= 11 is 0. The Morgan fingerprint density at radius 1 is 1.35 bits per heavy atom. The van der Waals surface area contributed by atoms with Crippen molar-refractivity contribution in [3.63, 3.8) is 0 Å². The highest BCUT2D eigenvalue weighted by Crippen LogP contribution is 2.07. The number of hydrogen-bond donors (Lipinski definition) is 2. The van der Waals surface area contributed by atoms with Gasteiger partial charge in [0.1, 0.15) is 0 Å². The Hall–Kier alpha value is -1.10. The van der Waals surface area contributed by atoms with Gasteiger partial charge in [0.15, 0.2) is 0 Å². The zero-order chi connectivity index (χ0) is 13.4. The lowest BCUT2D eigenvalue weighted by molar-refractivity contribution is -0.135. The molecule has 100 valence electrons. The fraction of sp³-hybridized carbons (Fsp3) is 0.833. The van der Waals surface area contributed by atoms with Crippen molar-refractivity contribution in [1.82, 2.24) is 10.2 Å². The van der Waals surface area contributed by atoms with Crippen LogP contribution in [0.5, 0.6) is 0 Å². The standard InChI is InChI=1S/C12H25N3O2/c1-5-10(7-13)6-12(17)15(4)8-11(16)14-9(2)3/h9-10H,5-8,13H2,1-4H3,(H,14,16). The van der Waals surface area contributed by atoms with E-state index in [1.807, 2.05) is 20.8 Å². The summed E-state index contributed by atoms with van der Waals surface area (Å²) in [6.45, 7) is 6.41. The van der Waals surface area contributed by atoms with E-state index in [1.165, 1.54) is 4.90 Å². The van der Waals surface area contributed by atoms with Gasteiger partial charge in [-0.1, -0.05) is 13.3 Å². The van der Waals surface area contributed by atoms with Gasteiger partial charge in [-0.15, -0.1) is 0 Å². The highest BCUT2D eigenvalue weighted by molar-refractivity contribution is 5.84. The molecule has 17 heavy (non-hydrogen) atoms. The van der Waals surface area contributed by atoms with Gasteiger partial charge < -0.3 is 16.0 Å². The summed E-state index contributed by atoms with van der Waals surface area (Å²) in [7, 11) is 1.64. The van der Waals surface area contributed by atoms with Crippen molar-refractivity contribution in [3.05, 3.63) is 0 Å². The number of amides is 2. The second kappa shape index (κ2) is 8.06. The maximum absolute atomic E-state index is 11.8. The van der Waals surface area contributed by atoms with Crippen molar-refractivity contribution in [2.45, 2.75) is 39.7 Å². The maximum Gasteiger partial charge on any atom is 0.239 e. The molecule has 5 heteroatoms. The minimum absolute atomic E-state index is 0.0267. The minimum Gasteiger partial charge on any atom is -0.352 e. The summed E-state index contributed by atoms with van der Waals surface area (Å²) in [6, 6.07) is 0.0958. The van der Waals surface area contributed by atoms with Crippen LogP contribution in [-0.4, -0.2) is 42.9 Å². The molecule has 0 aromatic heterocycles. The molecule has 3 N–H and O–H groups in total. The Morgan fingerprint density at radius 2 is 1.94 bits per heavy atom. The van der Waals surface area contributed by atoms with Crippen LogP contribution >= 0.6 is 0 Å². The largest absolute Gasteiger partial charge is 0.352 e. The Bertz CT molecular complexity index is 250. The zero-order valence-corrected chi connectivity index (χ0v) is 11.3. The lowest BCUT2D eigenvalue weighted by Gasteiger charge is -2.20. The number of nitrogens with two attached hydrogens (primary N) is 1. The average Bonchev–Trinajstić information content (AvgIpc) is 2.23. The number of nitrogens with one attached hydrogen (secondary N) is 1. The van der Waals surface area contributed by atoms with Gasteiger partial charge in [-0.3, -0.25) is 9.59 Å². The summed E-state index contributed by atoms with van der Waals surface area (Å²) in [4.78, 5) is 24.7. The van der Waals surface area contributed by atoms with Gasteiger partial charge in [-0.25, -0.2) is 0 Å². The lowest BCUT2D eigenvalue weighted by atomic mass is 10.0. The molecule has 0 bridgehead atoms. The van der Waals surface area contributed by atoms with E-state index in [4.69, 9.17) is 5.73 Å². The molecule has 2 amide bonds. The van der Waals surface area contributed by atoms with Gasteiger partial charge in [-0.05, 0) is 26.3 Å². The van der Waals surface area contributed by atoms with Crippen LogP contribution < -0.4 is 11.1 Å². The predicted molar refractivity (Wildman–Crippen MR) is 68.4 cm³/mol. The van der Waals surface area contributed by atoms with Gasteiger partial charge in [0.25, 0.3) is 0 Å². The van der Waals surface area contributed by atoms with Gasteiger partial charge >= 0.3 is 0 Å². The Labute approximate surface area is 104 Å². The van der Waals surface area contributed by atoms with Gasteiger partial charge in [-0.2, -0.15) is 0 Å². The smallest absolute Gasteiger partial charge is 0.239 e. The monoisotopic (exact) mass is 243 g/mol. The lowest BCUT2D eigenvalue weighted by Crippen LogP contribution is -2.41. The number of carbonyl (C=O) groups excluding carboxylic acids is 2. The third kappa shape index (κ3) is 6.94. The molecule has 0 saturated heterocycles. The van der Waals surface area contributed by atoms with Crippen LogP contribution in [0.4, 0.5) is 0 Å². The van der Waals surface area contributed by atoms with Gasteiger partial charge in [0, 0.05) is 19.5 Å². The molecule has 0 fully saturated rings. The van der Waals surface area contributed by atoms with E-state index < -0.39 is 0 Å². The molecule has 0 aromatic carbocycles. The van der Waals surface area contributed by atoms with Crippen LogP contribution in [0.3, 0.4) is 0 Å². The second-order valence-corrected chi connectivity index (χ2v) is 4.69. The Morgan fingerprint density at radius 3 is 2.35 bits per heavy atom. The Kier molecular flexibility index (Phi) is 7.54. The van der Waals surface area contributed by atoms with Crippen molar-refractivity contribution in [3.8, 4) is 0 Å². The molecule has 0 aliphatic carbocycles. The SMILES string of the molecule is CCC(CN)CC(=O)N(C)CC(=O)NC(C)C. The van der Waals surface area contributed by atoms with E-state index in [2.05, 4.69) is 5.32 Å². The molecule has 5 nitrogen and oxygen atoms in total. The van der Waals surface area contributed by atoms with Crippen LogP contribution in [-0.2, 0) is 9.59 Å². The summed E-state index contributed by atoms with van der Waals surface area (Å²) in [5, 5.41) is 2.75. The molecule has 1 atom stereocenters. The number of hydrogen-bond acceptors (Lipinski definition) is 3. The first-order valence-electron chi connectivity index (χ1n) is 6.14. The number of likely N-dealkylation sites (N-methyl/N-ethyl adjacent to an activating group) is 1. The molecule has 0 aliphatic rings. The summed E-state index contributed by atoms with van der Waals surface area (Å²) in [5.74, 6) is 0.0518. The second-order valence-electron chi connectivity index (χ2n) is 4.69. The normalized spacial score (nSPS) is 12.4. The van der Waals surface area contributed by atoms with Crippen molar-refractivity contribution in [2.75, 3.05) is 20.1 Å². The maximum atomic E-state index is 11.8. The minimum atomic E-state index is -0.128. The van der Waals surface area contributed by atoms with Crippen LogP contribution in [0.25, 0.3) is 0 Å². The van der Waals surface area contributed by atoms with Crippen LogP contribution in [0, 0.1) is 5.92 Å². The highest BCUT2D eigenvalue weighted by Gasteiger charge is 2.16. The fourth-order valence-corrected chi connectivity index (χ4v) is 1.47. The molecule has 0 radical (unpaired) electrons. The van der Waals surface area contributed by atoms with Crippen molar-refractivity contribution in [1.29, 1.82) is 0 Å². The quantitative estimate of drug-likeness (QED) is 0.677. The zero-order valence-electron chi connectivity index (χ0n) is 11.3.